The number of anilines is 2. The van der Waals surface area contributed by atoms with E-state index in [-0.39, 0.29) is 6.03 Å². The van der Waals surface area contributed by atoms with E-state index in [1.54, 1.807) is 11.3 Å². The van der Waals surface area contributed by atoms with Gasteiger partial charge < -0.3 is 10.2 Å². The van der Waals surface area contributed by atoms with Crippen molar-refractivity contribution < 1.29 is 4.79 Å². The SMILES string of the molecule is CN(C)c1nc(CNC(=O)Nc2nnc(C3CC3)s2)cs1. The highest BCUT2D eigenvalue weighted by molar-refractivity contribution is 7.15. The van der Waals surface area contributed by atoms with E-state index in [1.807, 2.05) is 24.4 Å². The molecule has 2 aromatic rings. The average Bonchev–Trinajstić information content (AvgIpc) is 3.00. The van der Waals surface area contributed by atoms with E-state index in [1.165, 1.54) is 24.2 Å². The van der Waals surface area contributed by atoms with Crippen LogP contribution in [0.2, 0.25) is 0 Å². The molecule has 1 aliphatic rings. The third-order valence-electron chi connectivity index (χ3n) is 2.94. The summed E-state index contributed by atoms with van der Waals surface area (Å²) in [6.45, 7) is 0.393. The Kier molecular flexibility index (Phi) is 4.02. The summed E-state index contributed by atoms with van der Waals surface area (Å²) >= 11 is 3.00. The fraction of sp³-hybridized carbons (Fsp3) is 0.500. The van der Waals surface area contributed by atoms with Gasteiger partial charge in [0.15, 0.2) is 5.13 Å². The summed E-state index contributed by atoms with van der Waals surface area (Å²) in [4.78, 5) is 18.1. The monoisotopic (exact) mass is 324 g/mol. The summed E-state index contributed by atoms with van der Waals surface area (Å²) in [6, 6.07) is -0.284. The second-order valence-electron chi connectivity index (χ2n) is 5.04. The Morgan fingerprint density at radius 2 is 2.24 bits per heavy atom. The number of nitrogens with one attached hydrogen (secondary N) is 2. The van der Waals surface area contributed by atoms with Crippen molar-refractivity contribution in [3.8, 4) is 0 Å². The van der Waals surface area contributed by atoms with Gasteiger partial charge in [-0.15, -0.1) is 21.5 Å². The number of nitrogens with zero attached hydrogens (tertiary/aromatic N) is 4. The van der Waals surface area contributed by atoms with Crippen LogP contribution in [0.25, 0.3) is 0 Å². The number of aromatic nitrogens is 3. The second-order valence-corrected chi connectivity index (χ2v) is 6.89. The Labute approximate surface area is 130 Å². The zero-order valence-corrected chi connectivity index (χ0v) is 13.4. The van der Waals surface area contributed by atoms with Crippen molar-refractivity contribution in [3.63, 3.8) is 0 Å². The molecule has 7 nitrogen and oxygen atoms in total. The lowest BCUT2D eigenvalue weighted by molar-refractivity contribution is 0.251. The second kappa shape index (κ2) is 5.94. The highest BCUT2D eigenvalue weighted by atomic mass is 32.1. The van der Waals surface area contributed by atoms with Crippen molar-refractivity contribution >= 4 is 39.0 Å². The summed E-state index contributed by atoms with van der Waals surface area (Å²) < 4.78 is 0. The van der Waals surface area contributed by atoms with Gasteiger partial charge >= 0.3 is 6.03 Å². The van der Waals surface area contributed by atoms with Gasteiger partial charge in [0.05, 0.1) is 12.2 Å². The van der Waals surface area contributed by atoms with Crippen molar-refractivity contribution in [2.75, 3.05) is 24.3 Å². The average molecular weight is 324 g/mol. The molecule has 9 heteroatoms. The van der Waals surface area contributed by atoms with Crippen LogP contribution in [0.1, 0.15) is 29.5 Å². The fourth-order valence-electron chi connectivity index (χ4n) is 1.68. The Hall–Kier alpha value is -1.74. The maximum absolute atomic E-state index is 11.8. The molecule has 0 bridgehead atoms. The van der Waals surface area contributed by atoms with Gasteiger partial charge in [-0.3, -0.25) is 5.32 Å². The maximum atomic E-state index is 11.8. The third-order valence-corrected chi connectivity index (χ3v) is 5.00. The van der Waals surface area contributed by atoms with Crippen molar-refractivity contribution in [3.05, 3.63) is 16.1 Å². The molecule has 1 saturated carbocycles. The molecule has 0 spiro atoms. The van der Waals surface area contributed by atoms with Gasteiger partial charge in [-0.05, 0) is 12.8 Å². The molecule has 112 valence electrons. The zero-order valence-electron chi connectivity index (χ0n) is 11.8. The number of carbonyl (C=O) groups excluding carboxylic acids is 1. The lowest BCUT2D eigenvalue weighted by Crippen LogP contribution is -2.28. The molecular formula is C12H16N6OS2. The normalized spacial score (nSPS) is 14.0. The number of hydrogen-bond donors (Lipinski definition) is 2. The molecular weight excluding hydrogens is 308 g/mol. The first-order chi connectivity index (χ1) is 10.1. The number of hydrogen-bond acceptors (Lipinski definition) is 7. The first-order valence-corrected chi connectivity index (χ1v) is 8.31. The molecule has 0 aromatic carbocycles. The van der Waals surface area contributed by atoms with E-state index in [0.717, 1.165) is 15.8 Å². The van der Waals surface area contributed by atoms with Crippen molar-refractivity contribution in [1.29, 1.82) is 0 Å². The molecule has 0 unspecified atom stereocenters. The van der Waals surface area contributed by atoms with E-state index in [4.69, 9.17) is 0 Å². The summed E-state index contributed by atoms with van der Waals surface area (Å²) in [5, 5.41) is 17.9. The summed E-state index contributed by atoms with van der Waals surface area (Å²) in [5.74, 6) is 0.556. The molecule has 0 atom stereocenters. The minimum Gasteiger partial charge on any atom is -0.354 e. The molecule has 21 heavy (non-hydrogen) atoms. The molecule has 2 aromatic heterocycles. The van der Waals surface area contributed by atoms with Crippen LogP contribution in [0.4, 0.5) is 15.1 Å². The van der Waals surface area contributed by atoms with Gasteiger partial charge in [0.1, 0.15) is 5.01 Å². The zero-order chi connectivity index (χ0) is 14.8. The number of carbonyl (C=O) groups is 1. The van der Waals surface area contributed by atoms with Crippen LogP contribution >= 0.6 is 22.7 Å². The summed E-state index contributed by atoms with van der Waals surface area (Å²) in [6.07, 6.45) is 2.36. The smallest absolute Gasteiger partial charge is 0.321 e. The molecule has 1 fully saturated rings. The van der Waals surface area contributed by atoms with Crippen LogP contribution in [0.3, 0.4) is 0 Å². The minimum absolute atomic E-state index is 0.284. The van der Waals surface area contributed by atoms with E-state index < -0.39 is 0 Å². The van der Waals surface area contributed by atoms with Crippen LogP contribution in [-0.4, -0.2) is 35.3 Å². The van der Waals surface area contributed by atoms with Crippen LogP contribution < -0.4 is 15.5 Å². The third kappa shape index (κ3) is 3.67. The van der Waals surface area contributed by atoms with Gasteiger partial charge in [0.25, 0.3) is 0 Å². The molecule has 3 rings (SSSR count). The maximum Gasteiger partial charge on any atom is 0.321 e. The van der Waals surface area contributed by atoms with Gasteiger partial charge in [-0.2, -0.15) is 0 Å². The first-order valence-electron chi connectivity index (χ1n) is 6.62. The molecule has 0 saturated heterocycles. The summed E-state index contributed by atoms with van der Waals surface area (Å²) in [5.41, 5.74) is 0.842. The topological polar surface area (TPSA) is 83.0 Å². The van der Waals surface area contributed by atoms with Gasteiger partial charge in [-0.25, -0.2) is 9.78 Å². The molecule has 0 radical (unpaired) electrons. The Bertz CT molecular complexity index is 633. The van der Waals surface area contributed by atoms with Crippen molar-refractivity contribution in [2.45, 2.75) is 25.3 Å². The predicted molar refractivity (Wildman–Crippen MR) is 84.2 cm³/mol. The number of amides is 2. The quantitative estimate of drug-likeness (QED) is 0.881. The molecule has 0 aliphatic heterocycles. The Morgan fingerprint density at radius 3 is 2.90 bits per heavy atom. The number of urea groups is 1. The first kappa shape index (κ1) is 14.2. The molecule has 1 aliphatic carbocycles. The van der Waals surface area contributed by atoms with Crippen LogP contribution in [0, 0.1) is 0 Å². The predicted octanol–water partition coefficient (Wildman–Crippen LogP) is 2.26. The van der Waals surface area contributed by atoms with Gasteiger partial charge in [0, 0.05) is 25.4 Å². The molecule has 2 amide bonds. The van der Waals surface area contributed by atoms with Crippen molar-refractivity contribution in [2.24, 2.45) is 0 Å². The Morgan fingerprint density at radius 1 is 1.43 bits per heavy atom. The van der Waals surface area contributed by atoms with E-state index in [0.29, 0.717) is 17.6 Å². The van der Waals surface area contributed by atoms with Crippen molar-refractivity contribution in [1.82, 2.24) is 20.5 Å². The van der Waals surface area contributed by atoms with E-state index in [9.17, 15) is 4.79 Å². The molecule has 2 N–H and O–H groups in total. The fourth-order valence-corrected chi connectivity index (χ4v) is 3.34. The Balaban J connectivity index is 1.48. The highest BCUT2D eigenvalue weighted by Crippen LogP contribution is 2.41. The van der Waals surface area contributed by atoms with E-state index >= 15 is 0 Å². The van der Waals surface area contributed by atoms with Crippen LogP contribution in [-0.2, 0) is 6.54 Å². The van der Waals surface area contributed by atoms with E-state index in [2.05, 4.69) is 25.8 Å². The largest absolute Gasteiger partial charge is 0.354 e. The van der Waals surface area contributed by atoms with Gasteiger partial charge in [0.2, 0.25) is 5.13 Å². The summed E-state index contributed by atoms with van der Waals surface area (Å²) in [7, 11) is 3.88. The number of thiazole rings is 1. The lowest BCUT2D eigenvalue weighted by atomic mass is 10.5. The van der Waals surface area contributed by atoms with Gasteiger partial charge in [-0.1, -0.05) is 11.3 Å². The lowest BCUT2D eigenvalue weighted by Gasteiger charge is -2.06. The standard InChI is InChI=1S/C12H16N6OS2/c1-18(2)12-14-8(6-20-12)5-13-10(19)15-11-17-16-9(21-11)7-3-4-7/h6-7H,3-5H2,1-2H3,(H2,13,15,17,19). The van der Waals surface area contributed by atoms with Crippen LogP contribution in [0.5, 0.6) is 0 Å². The highest BCUT2D eigenvalue weighted by Gasteiger charge is 2.27. The van der Waals surface area contributed by atoms with Crippen LogP contribution in [0.15, 0.2) is 5.38 Å². The minimum atomic E-state index is -0.284. The number of rotatable bonds is 5. The molecule has 2 heterocycles.